The van der Waals surface area contributed by atoms with Gasteiger partial charge in [-0.2, -0.15) is 0 Å². The zero-order valence-corrected chi connectivity index (χ0v) is 21.5. The van der Waals surface area contributed by atoms with Crippen LogP contribution in [0.4, 0.5) is 5.13 Å². The van der Waals surface area contributed by atoms with Crippen LogP contribution in [0.15, 0.2) is 66.2 Å². The van der Waals surface area contributed by atoms with Gasteiger partial charge in [-0.05, 0) is 73.5 Å². The van der Waals surface area contributed by atoms with Crippen LogP contribution in [0.5, 0.6) is 17.2 Å². The molecule has 6 rings (SSSR count). The molecular weight excluding hydrogens is 504 g/mol. The lowest BCUT2D eigenvalue weighted by Crippen LogP contribution is -2.29. The molecule has 3 aromatic carbocycles. The number of aliphatic hydroxyl groups excluding tert-OH is 1. The molecule has 4 aromatic rings. The highest BCUT2D eigenvalue weighted by molar-refractivity contribution is 7.22. The number of nitrogens with zero attached hydrogens (tertiary/aromatic N) is 2. The van der Waals surface area contributed by atoms with Gasteiger partial charge >= 0.3 is 5.91 Å². The molecule has 2 atom stereocenters. The number of hydrogen-bond donors (Lipinski definition) is 2. The fraction of sp³-hybridized carbons (Fsp3) is 0.207. The topological polar surface area (TPSA) is 109 Å². The number of aliphatic hydroxyl groups is 1. The molecule has 2 unspecified atom stereocenters. The first-order chi connectivity index (χ1) is 18.3. The Balaban J connectivity index is 1.51. The molecule has 192 valence electrons. The number of phenols is 1. The van der Waals surface area contributed by atoms with Gasteiger partial charge in [-0.25, -0.2) is 4.98 Å². The molecule has 2 N–H and O–H groups in total. The number of fused-ring (bicyclic) bond motifs is 2. The fourth-order valence-electron chi connectivity index (χ4n) is 5.02. The lowest BCUT2D eigenvalue weighted by atomic mass is 9.94. The number of Topliss-reactive ketones (excluding diaryl/α,β-unsaturated/α-hetero) is 1. The number of carbonyl (C=O) groups is 2. The Bertz CT molecular complexity index is 1640. The van der Waals surface area contributed by atoms with Gasteiger partial charge in [-0.1, -0.05) is 23.5 Å². The Morgan fingerprint density at radius 3 is 2.79 bits per heavy atom. The number of hydrogen-bond acceptors (Lipinski definition) is 8. The first-order valence-electron chi connectivity index (χ1n) is 12.3. The van der Waals surface area contributed by atoms with Crippen LogP contribution < -0.4 is 14.4 Å². The van der Waals surface area contributed by atoms with E-state index in [0.717, 1.165) is 16.0 Å². The number of aromatic nitrogens is 1. The molecule has 0 spiro atoms. The molecular formula is C29H24N2O6S. The van der Waals surface area contributed by atoms with Crippen LogP contribution in [0.1, 0.15) is 36.6 Å². The summed E-state index contributed by atoms with van der Waals surface area (Å²) in [4.78, 5) is 32.9. The molecule has 2 aliphatic rings. The largest absolute Gasteiger partial charge is 0.508 e. The standard InChI is InChI=1S/C29H24N2O6S/c1-3-36-20-8-9-21-23(14-20)38-29(30-21)31-25(16-5-4-6-19(32)13-16)24(27(34)28(31)35)26(33)17-7-10-22-18(12-17)11-15(2)37-22/h4-10,12-15,25,32-33H,3,11H2,1-2H3/b26-24+. The molecule has 8 nitrogen and oxygen atoms in total. The predicted molar refractivity (Wildman–Crippen MR) is 144 cm³/mol. The van der Waals surface area contributed by atoms with Crippen LogP contribution in [0.2, 0.25) is 0 Å². The summed E-state index contributed by atoms with van der Waals surface area (Å²) in [7, 11) is 0. The van der Waals surface area contributed by atoms with E-state index in [1.165, 1.54) is 28.4 Å². The van der Waals surface area contributed by atoms with E-state index in [1.54, 1.807) is 42.5 Å². The quantitative estimate of drug-likeness (QED) is 0.204. The lowest BCUT2D eigenvalue weighted by Gasteiger charge is -2.23. The molecule has 0 bridgehead atoms. The third kappa shape index (κ3) is 3.95. The van der Waals surface area contributed by atoms with Crippen molar-refractivity contribution < 1.29 is 29.3 Å². The van der Waals surface area contributed by atoms with E-state index in [-0.39, 0.29) is 23.2 Å². The second-order valence-corrected chi connectivity index (χ2v) is 10.3. The summed E-state index contributed by atoms with van der Waals surface area (Å²) in [6.07, 6.45) is 0.693. The average Bonchev–Trinajstić information content (AvgIpc) is 3.56. The van der Waals surface area contributed by atoms with Crippen molar-refractivity contribution in [3.63, 3.8) is 0 Å². The smallest absolute Gasteiger partial charge is 0.301 e. The summed E-state index contributed by atoms with van der Waals surface area (Å²) in [6.45, 7) is 4.37. The lowest BCUT2D eigenvalue weighted by molar-refractivity contribution is -0.132. The van der Waals surface area contributed by atoms with Crippen molar-refractivity contribution in [3.05, 3.63) is 82.9 Å². The van der Waals surface area contributed by atoms with E-state index in [9.17, 15) is 19.8 Å². The molecule has 9 heteroatoms. The van der Waals surface area contributed by atoms with Crippen molar-refractivity contribution in [1.82, 2.24) is 4.98 Å². The summed E-state index contributed by atoms with van der Waals surface area (Å²) in [5.74, 6) is -0.530. The summed E-state index contributed by atoms with van der Waals surface area (Å²) in [5, 5.41) is 22.0. The van der Waals surface area contributed by atoms with Gasteiger partial charge in [0.05, 0.1) is 28.4 Å². The van der Waals surface area contributed by atoms with Gasteiger partial charge in [0.25, 0.3) is 5.78 Å². The highest BCUT2D eigenvalue weighted by atomic mass is 32.1. The zero-order valence-electron chi connectivity index (χ0n) is 20.7. The van der Waals surface area contributed by atoms with Gasteiger partial charge in [-0.3, -0.25) is 14.5 Å². The van der Waals surface area contributed by atoms with Crippen molar-refractivity contribution in [2.24, 2.45) is 0 Å². The number of ketones is 1. The molecule has 1 aromatic heterocycles. The average molecular weight is 529 g/mol. The third-order valence-electron chi connectivity index (χ3n) is 6.67. The van der Waals surface area contributed by atoms with E-state index < -0.39 is 17.7 Å². The maximum absolute atomic E-state index is 13.5. The summed E-state index contributed by atoms with van der Waals surface area (Å²) < 4.78 is 12.1. The molecule has 1 amide bonds. The Hall–Kier alpha value is -4.37. The molecule has 1 fully saturated rings. The van der Waals surface area contributed by atoms with Gasteiger partial charge in [0.1, 0.15) is 29.1 Å². The SMILES string of the molecule is CCOc1ccc2nc(N3C(=O)C(=O)/C(=C(/O)c4ccc5c(c4)CC(C)O5)C3c3cccc(O)c3)sc2c1. The second-order valence-electron chi connectivity index (χ2n) is 9.28. The molecule has 0 saturated carbocycles. The highest BCUT2D eigenvalue weighted by Crippen LogP contribution is 2.45. The number of thiazole rings is 1. The summed E-state index contributed by atoms with van der Waals surface area (Å²) in [5.41, 5.74) is 2.38. The second kappa shape index (κ2) is 9.18. The normalized spacial score (nSPS) is 20.1. The van der Waals surface area contributed by atoms with E-state index in [0.29, 0.717) is 40.6 Å². The number of ether oxygens (including phenoxy) is 2. The van der Waals surface area contributed by atoms with E-state index in [4.69, 9.17) is 9.47 Å². The molecule has 38 heavy (non-hydrogen) atoms. The number of amides is 1. The van der Waals surface area contributed by atoms with Crippen LogP contribution in [0.3, 0.4) is 0 Å². The van der Waals surface area contributed by atoms with Crippen LogP contribution in [-0.4, -0.2) is 39.6 Å². The molecule has 2 aliphatic heterocycles. The van der Waals surface area contributed by atoms with E-state index in [1.807, 2.05) is 19.9 Å². The van der Waals surface area contributed by atoms with Gasteiger partial charge in [0.15, 0.2) is 5.13 Å². The predicted octanol–water partition coefficient (Wildman–Crippen LogP) is 5.35. The Morgan fingerprint density at radius 2 is 2.00 bits per heavy atom. The van der Waals surface area contributed by atoms with Crippen LogP contribution in [-0.2, 0) is 16.0 Å². The third-order valence-corrected chi connectivity index (χ3v) is 7.68. The fourth-order valence-corrected chi connectivity index (χ4v) is 6.04. The van der Waals surface area contributed by atoms with Crippen molar-refractivity contribution >= 4 is 44.1 Å². The van der Waals surface area contributed by atoms with Gasteiger partial charge in [0.2, 0.25) is 0 Å². The summed E-state index contributed by atoms with van der Waals surface area (Å²) >= 11 is 1.25. The van der Waals surface area contributed by atoms with Gasteiger partial charge < -0.3 is 19.7 Å². The molecule has 0 radical (unpaired) electrons. The molecule has 3 heterocycles. The molecule has 0 aliphatic carbocycles. The highest BCUT2D eigenvalue weighted by Gasteiger charge is 2.48. The van der Waals surface area contributed by atoms with Gasteiger partial charge in [0, 0.05) is 12.0 Å². The maximum atomic E-state index is 13.5. The monoisotopic (exact) mass is 528 g/mol. The number of aromatic hydroxyl groups is 1. The minimum atomic E-state index is -0.988. The van der Waals surface area contributed by atoms with Crippen LogP contribution >= 0.6 is 11.3 Å². The number of rotatable bonds is 5. The Morgan fingerprint density at radius 1 is 1.16 bits per heavy atom. The molecule has 1 saturated heterocycles. The van der Waals surface area contributed by atoms with Crippen LogP contribution in [0, 0.1) is 0 Å². The van der Waals surface area contributed by atoms with Crippen molar-refractivity contribution in [2.75, 3.05) is 11.5 Å². The van der Waals surface area contributed by atoms with Crippen LogP contribution in [0.25, 0.3) is 16.0 Å². The number of phenolic OH excluding ortho intramolecular Hbond substituents is 1. The maximum Gasteiger partial charge on any atom is 0.301 e. The van der Waals surface area contributed by atoms with E-state index >= 15 is 0 Å². The van der Waals surface area contributed by atoms with Gasteiger partial charge in [-0.15, -0.1) is 0 Å². The summed E-state index contributed by atoms with van der Waals surface area (Å²) in [6, 6.07) is 16.0. The first kappa shape index (κ1) is 24.0. The minimum absolute atomic E-state index is 0.0162. The zero-order chi connectivity index (χ0) is 26.6. The first-order valence-corrected chi connectivity index (χ1v) is 13.1. The van der Waals surface area contributed by atoms with E-state index in [2.05, 4.69) is 4.98 Å². The van der Waals surface area contributed by atoms with Crippen molar-refractivity contribution in [2.45, 2.75) is 32.4 Å². The Kier molecular flexibility index (Phi) is 5.80. The number of anilines is 1. The number of benzene rings is 3. The van der Waals surface area contributed by atoms with Crippen molar-refractivity contribution in [3.8, 4) is 17.2 Å². The number of carbonyl (C=O) groups excluding carboxylic acids is 2. The minimum Gasteiger partial charge on any atom is -0.508 e. The van der Waals surface area contributed by atoms with Crippen molar-refractivity contribution in [1.29, 1.82) is 0 Å². The Labute approximate surface area is 222 Å².